The first-order valence-electron chi connectivity index (χ1n) is 9.88. The smallest absolute Gasteiger partial charge is 0.341 e. The maximum absolute atomic E-state index is 13.2. The molecule has 3 saturated heterocycles. The van der Waals surface area contributed by atoms with Crippen LogP contribution in [0.2, 0.25) is 0 Å². The van der Waals surface area contributed by atoms with Crippen LogP contribution in [0.3, 0.4) is 0 Å². The lowest BCUT2D eigenvalue weighted by Crippen LogP contribution is -2.34. The number of fused-ring (bicyclic) bond motifs is 6. The van der Waals surface area contributed by atoms with Gasteiger partial charge in [-0.25, -0.2) is 9.69 Å². The number of methoxy groups -OCH3 is 1. The summed E-state index contributed by atoms with van der Waals surface area (Å²) in [5.74, 6) is -1.61. The second-order valence-corrected chi connectivity index (χ2v) is 9.03. The molecule has 1 aromatic rings. The van der Waals surface area contributed by atoms with Crippen LogP contribution < -0.4 is 4.90 Å². The highest BCUT2D eigenvalue weighted by Gasteiger charge is 2.63. The molecule has 0 radical (unpaired) electrons. The normalized spacial score (nSPS) is 32.3. The number of anilines is 1. The number of amides is 2. The summed E-state index contributed by atoms with van der Waals surface area (Å²) in [6.45, 7) is 0. The van der Waals surface area contributed by atoms with E-state index in [2.05, 4.69) is 0 Å². The Morgan fingerprint density at radius 2 is 1.67 bits per heavy atom. The van der Waals surface area contributed by atoms with Gasteiger partial charge in [0.2, 0.25) is 11.8 Å². The van der Waals surface area contributed by atoms with Crippen molar-refractivity contribution in [2.75, 3.05) is 12.0 Å². The molecule has 0 spiro atoms. The van der Waals surface area contributed by atoms with E-state index in [0.29, 0.717) is 10.6 Å². The van der Waals surface area contributed by atoms with Gasteiger partial charge in [-0.3, -0.25) is 9.59 Å². The van der Waals surface area contributed by atoms with Gasteiger partial charge >= 0.3 is 5.97 Å². The maximum atomic E-state index is 13.2. The molecule has 5 rings (SSSR count). The molecular weight excluding hydrogens is 366 g/mol. The van der Waals surface area contributed by atoms with Gasteiger partial charge in [-0.15, -0.1) is 11.3 Å². The quantitative estimate of drug-likeness (QED) is 0.574. The highest BCUT2D eigenvalue weighted by Crippen LogP contribution is 2.51. The number of thiophene rings is 1. The predicted octanol–water partition coefficient (Wildman–Crippen LogP) is 2.86. The lowest BCUT2D eigenvalue weighted by molar-refractivity contribution is -0.124. The lowest BCUT2D eigenvalue weighted by Gasteiger charge is -2.17. The summed E-state index contributed by atoms with van der Waals surface area (Å²) in [6.07, 6.45) is 7.46. The molecule has 1 aromatic heterocycles. The topological polar surface area (TPSA) is 72.9 Å². The molecule has 4 heterocycles. The first kappa shape index (κ1) is 17.4. The van der Waals surface area contributed by atoms with Crippen molar-refractivity contribution in [2.24, 2.45) is 11.8 Å². The zero-order valence-electron chi connectivity index (χ0n) is 15.4. The van der Waals surface area contributed by atoms with Crippen LogP contribution in [0.15, 0.2) is 0 Å². The van der Waals surface area contributed by atoms with Gasteiger partial charge in [0.05, 0.1) is 36.7 Å². The van der Waals surface area contributed by atoms with Gasteiger partial charge < -0.3 is 9.47 Å². The molecule has 0 unspecified atom stereocenters. The van der Waals surface area contributed by atoms with Crippen molar-refractivity contribution < 1.29 is 23.9 Å². The van der Waals surface area contributed by atoms with E-state index in [-0.39, 0.29) is 35.9 Å². The zero-order valence-corrected chi connectivity index (χ0v) is 16.2. The van der Waals surface area contributed by atoms with Crippen LogP contribution >= 0.6 is 11.3 Å². The number of hydrogen-bond donors (Lipinski definition) is 0. The van der Waals surface area contributed by atoms with Crippen LogP contribution in [-0.4, -0.2) is 37.1 Å². The van der Waals surface area contributed by atoms with Crippen LogP contribution in [0, 0.1) is 11.8 Å². The first-order chi connectivity index (χ1) is 13.1. The SMILES string of the molecule is COC(=O)c1c(N2C(=O)[C@@H]3[C@@H](C2=O)[C@H]2CC[C@H]3O2)sc2c1CCCCCC2. The summed E-state index contributed by atoms with van der Waals surface area (Å²) < 4.78 is 10.9. The standard InChI is InChI=1S/C20H23NO5S/c1-25-20(24)14-10-6-4-2-3-5-7-13(10)27-19(14)21-17(22)15-11-8-9-12(26-11)16(15)18(21)23/h11-12,15-16H,2-9H2,1H3/t11-,12-,15+,16+/m1/s1. The molecule has 4 aliphatic rings. The lowest BCUT2D eigenvalue weighted by atomic mass is 9.81. The van der Waals surface area contributed by atoms with Crippen LogP contribution in [0.4, 0.5) is 5.00 Å². The summed E-state index contributed by atoms with van der Waals surface area (Å²) in [5, 5.41) is 0.484. The summed E-state index contributed by atoms with van der Waals surface area (Å²) in [7, 11) is 1.36. The molecule has 2 amide bonds. The molecular formula is C20H23NO5S. The van der Waals surface area contributed by atoms with Crippen LogP contribution in [0.1, 0.15) is 59.3 Å². The van der Waals surface area contributed by atoms with Gasteiger partial charge in [-0.1, -0.05) is 12.8 Å². The molecule has 6 nitrogen and oxygen atoms in total. The Balaban J connectivity index is 1.60. The minimum absolute atomic E-state index is 0.149. The van der Waals surface area contributed by atoms with Crippen molar-refractivity contribution in [2.45, 2.75) is 63.6 Å². The monoisotopic (exact) mass is 389 g/mol. The highest BCUT2D eigenvalue weighted by molar-refractivity contribution is 7.17. The number of aryl methyl sites for hydroxylation is 1. The number of esters is 1. The van der Waals surface area contributed by atoms with Gasteiger partial charge in [0, 0.05) is 4.88 Å². The molecule has 3 aliphatic heterocycles. The molecule has 2 bridgehead atoms. The van der Waals surface area contributed by atoms with E-state index in [1.54, 1.807) is 0 Å². The third kappa shape index (κ3) is 2.44. The fraction of sp³-hybridized carbons (Fsp3) is 0.650. The minimum Gasteiger partial charge on any atom is -0.465 e. The Morgan fingerprint density at radius 1 is 1.04 bits per heavy atom. The fourth-order valence-corrected chi connectivity index (χ4v) is 6.67. The van der Waals surface area contributed by atoms with E-state index in [4.69, 9.17) is 9.47 Å². The average Bonchev–Trinajstić information content (AvgIpc) is 3.38. The molecule has 3 fully saturated rings. The molecule has 4 atom stereocenters. The van der Waals surface area contributed by atoms with Crippen molar-refractivity contribution in [3.8, 4) is 0 Å². The number of ether oxygens (including phenoxy) is 2. The fourth-order valence-electron chi connectivity index (χ4n) is 5.29. The summed E-state index contributed by atoms with van der Waals surface area (Å²) in [4.78, 5) is 41.4. The van der Waals surface area contributed by atoms with E-state index >= 15 is 0 Å². The van der Waals surface area contributed by atoms with Gasteiger partial charge in [0.25, 0.3) is 0 Å². The largest absolute Gasteiger partial charge is 0.465 e. The third-order valence-electron chi connectivity index (χ3n) is 6.53. The number of rotatable bonds is 2. The molecule has 7 heteroatoms. The third-order valence-corrected chi connectivity index (χ3v) is 7.81. The maximum Gasteiger partial charge on any atom is 0.341 e. The molecule has 0 saturated carbocycles. The Kier molecular flexibility index (Phi) is 4.13. The van der Waals surface area contributed by atoms with Gasteiger partial charge in [0.1, 0.15) is 5.00 Å². The van der Waals surface area contributed by atoms with E-state index in [9.17, 15) is 14.4 Å². The number of hydrogen-bond acceptors (Lipinski definition) is 6. The molecule has 144 valence electrons. The Morgan fingerprint density at radius 3 is 2.30 bits per heavy atom. The van der Waals surface area contributed by atoms with Crippen LogP contribution in [-0.2, 0) is 31.9 Å². The van der Waals surface area contributed by atoms with Gasteiger partial charge in [0.15, 0.2) is 0 Å². The number of carbonyl (C=O) groups excluding carboxylic acids is 3. The molecule has 0 N–H and O–H groups in total. The minimum atomic E-state index is -0.444. The zero-order chi connectivity index (χ0) is 18.7. The summed E-state index contributed by atoms with van der Waals surface area (Å²) >= 11 is 1.44. The van der Waals surface area contributed by atoms with Crippen molar-refractivity contribution >= 4 is 34.1 Å². The van der Waals surface area contributed by atoms with Crippen molar-refractivity contribution in [3.63, 3.8) is 0 Å². The second-order valence-electron chi connectivity index (χ2n) is 7.94. The molecule has 27 heavy (non-hydrogen) atoms. The second kappa shape index (κ2) is 6.41. The Labute approximate surface area is 161 Å². The van der Waals surface area contributed by atoms with Crippen molar-refractivity contribution in [1.29, 1.82) is 0 Å². The van der Waals surface area contributed by atoms with E-state index in [1.807, 2.05) is 0 Å². The van der Waals surface area contributed by atoms with E-state index < -0.39 is 5.97 Å². The molecule has 1 aliphatic carbocycles. The number of carbonyl (C=O) groups is 3. The van der Waals surface area contributed by atoms with Gasteiger partial charge in [-0.2, -0.15) is 0 Å². The van der Waals surface area contributed by atoms with Crippen LogP contribution in [0.5, 0.6) is 0 Å². The number of imide groups is 1. The molecule has 0 aromatic carbocycles. The van der Waals surface area contributed by atoms with Gasteiger partial charge in [-0.05, 0) is 44.1 Å². The average molecular weight is 389 g/mol. The Bertz CT molecular complexity index is 803. The van der Waals surface area contributed by atoms with Crippen molar-refractivity contribution in [1.82, 2.24) is 0 Å². The highest BCUT2D eigenvalue weighted by atomic mass is 32.1. The summed E-state index contributed by atoms with van der Waals surface area (Å²) in [5.41, 5.74) is 1.42. The summed E-state index contributed by atoms with van der Waals surface area (Å²) in [6, 6.07) is 0. The predicted molar refractivity (Wildman–Crippen MR) is 98.9 cm³/mol. The van der Waals surface area contributed by atoms with E-state index in [0.717, 1.165) is 55.4 Å². The number of nitrogens with zero attached hydrogens (tertiary/aromatic N) is 1. The first-order valence-corrected chi connectivity index (χ1v) is 10.7. The Hall–Kier alpha value is -1.73. The van der Waals surface area contributed by atoms with Crippen molar-refractivity contribution in [3.05, 3.63) is 16.0 Å². The van der Waals surface area contributed by atoms with E-state index in [1.165, 1.54) is 29.8 Å². The van der Waals surface area contributed by atoms with Crippen LogP contribution in [0.25, 0.3) is 0 Å².